The highest BCUT2D eigenvalue weighted by Gasteiger charge is 2.19. The predicted molar refractivity (Wildman–Crippen MR) is 88.9 cm³/mol. The molecule has 0 aromatic heterocycles. The maximum absolute atomic E-state index is 12.9. The van der Waals surface area contributed by atoms with Crippen molar-refractivity contribution in [3.63, 3.8) is 0 Å². The molecule has 1 aliphatic rings. The lowest BCUT2D eigenvalue weighted by Crippen LogP contribution is -2.31. The molecule has 3 rings (SSSR count). The van der Waals surface area contributed by atoms with E-state index in [1.807, 2.05) is 62.1 Å². The molecule has 1 heterocycles. The second-order valence-electron chi connectivity index (χ2n) is 5.75. The Morgan fingerprint density at radius 1 is 1.13 bits per heavy atom. The monoisotopic (exact) mass is 311 g/mol. The van der Waals surface area contributed by atoms with Gasteiger partial charge in [-0.05, 0) is 55.7 Å². The van der Waals surface area contributed by atoms with E-state index in [2.05, 4.69) is 0 Å². The van der Waals surface area contributed by atoms with E-state index in [4.69, 9.17) is 9.47 Å². The molecule has 2 aromatic carbocycles. The van der Waals surface area contributed by atoms with Crippen LogP contribution in [0.25, 0.3) is 0 Å². The van der Waals surface area contributed by atoms with Crippen LogP contribution < -0.4 is 9.47 Å². The van der Waals surface area contributed by atoms with Gasteiger partial charge in [-0.15, -0.1) is 0 Å². The van der Waals surface area contributed by atoms with E-state index in [9.17, 15) is 4.79 Å². The minimum absolute atomic E-state index is 0.0615. The van der Waals surface area contributed by atoms with Gasteiger partial charge < -0.3 is 14.4 Å². The molecule has 4 nitrogen and oxygen atoms in total. The highest BCUT2D eigenvalue weighted by atomic mass is 16.7. The van der Waals surface area contributed by atoms with Crippen molar-refractivity contribution in [1.29, 1.82) is 0 Å². The van der Waals surface area contributed by atoms with Crippen LogP contribution in [0.5, 0.6) is 11.5 Å². The van der Waals surface area contributed by atoms with E-state index < -0.39 is 0 Å². The maximum atomic E-state index is 12.9. The highest BCUT2D eigenvalue weighted by Crippen LogP contribution is 2.33. The van der Waals surface area contributed by atoms with Crippen LogP contribution in [0.2, 0.25) is 0 Å². The zero-order valence-corrected chi connectivity index (χ0v) is 13.8. The summed E-state index contributed by atoms with van der Waals surface area (Å²) < 4.78 is 10.7. The van der Waals surface area contributed by atoms with Gasteiger partial charge >= 0.3 is 0 Å². The average Bonchev–Trinajstić information content (AvgIpc) is 3.02. The zero-order chi connectivity index (χ0) is 16.4. The molecule has 0 aliphatic carbocycles. The smallest absolute Gasteiger partial charge is 0.254 e. The Labute approximate surface area is 136 Å². The third kappa shape index (κ3) is 3.02. The van der Waals surface area contributed by atoms with Crippen LogP contribution in [0.4, 0.5) is 0 Å². The first-order chi connectivity index (χ1) is 11.1. The third-order valence-corrected chi connectivity index (χ3v) is 4.31. The molecule has 1 amide bonds. The number of carbonyl (C=O) groups is 1. The summed E-state index contributed by atoms with van der Waals surface area (Å²) >= 11 is 0. The number of hydrogen-bond donors (Lipinski definition) is 0. The van der Waals surface area contributed by atoms with Crippen molar-refractivity contribution in [1.82, 2.24) is 4.90 Å². The molecule has 0 radical (unpaired) electrons. The van der Waals surface area contributed by atoms with Crippen molar-refractivity contribution in [2.24, 2.45) is 0 Å². The fraction of sp³-hybridized carbons (Fsp3) is 0.316. The minimum Gasteiger partial charge on any atom is -0.454 e. The molecule has 2 aromatic rings. The van der Waals surface area contributed by atoms with Crippen molar-refractivity contribution >= 4 is 5.91 Å². The van der Waals surface area contributed by atoms with Crippen molar-refractivity contribution in [2.45, 2.75) is 27.3 Å². The quantitative estimate of drug-likeness (QED) is 0.864. The largest absolute Gasteiger partial charge is 0.454 e. The second kappa shape index (κ2) is 6.32. The van der Waals surface area contributed by atoms with Crippen LogP contribution in [-0.2, 0) is 6.54 Å². The molecule has 120 valence electrons. The number of nitrogens with zero attached hydrogens (tertiary/aromatic N) is 1. The summed E-state index contributed by atoms with van der Waals surface area (Å²) in [6.45, 7) is 7.49. The Kier molecular flexibility index (Phi) is 4.24. The fourth-order valence-electron chi connectivity index (χ4n) is 2.74. The molecular weight excluding hydrogens is 290 g/mol. The lowest BCUT2D eigenvalue weighted by atomic mass is 10.0. The lowest BCUT2D eigenvalue weighted by Gasteiger charge is -2.22. The number of aryl methyl sites for hydroxylation is 1. The first-order valence-electron chi connectivity index (χ1n) is 7.84. The first-order valence-corrected chi connectivity index (χ1v) is 7.84. The van der Waals surface area contributed by atoms with Gasteiger partial charge in [-0.3, -0.25) is 4.79 Å². The third-order valence-electron chi connectivity index (χ3n) is 4.31. The van der Waals surface area contributed by atoms with Crippen LogP contribution in [0.1, 0.15) is 34.0 Å². The second-order valence-corrected chi connectivity index (χ2v) is 5.75. The summed E-state index contributed by atoms with van der Waals surface area (Å²) in [5.41, 5.74) is 3.99. The Hall–Kier alpha value is -2.49. The molecule has 0 fully saturated rings. The molecule has 0 bridgehead atoms. The van der Waals surface area contributed by atoms with Gasteiger partial charge in [0.1, 0.15) is 0 Å². The van der Waals surface area contributed by atoms with Gasteiger partial charge in [0, 0.05) is 18.7 Å². The van der Waals surface area contributed by atoms with Gasteiger partial charge in [0.2, 0.25) is 6.79 Å². The highest BCUT2D eigenvalue weighted by molar-refractivity contribution is 5.95. The Morgan fingerprint density at radius 3 is 2.70 bits per heavy atom. The molecule has 0 saturated carbocycles. The normalized spacial score (nSPS) is 12.3. The van der Waals surface area contributed by atoms with E-state index in [0.29, 0.717) is 13.1 Å². The van der Waals surface area contributed by atoms with Gasteiger partial charge in [-0.1, -0.05) is 18.2 Å². The predicted octanol–water partition coefficient (Wildman–Crippen LogP) is 3.69. The number of ether oxygens (including phenoxy) is 2. The number of rotatable bonds is 4. The molecule has 23 heavy (non-hydrogen) atoms. The van der Waals surface area contributed by atoms with Crippen LogP contribution in [0.3, 0.4) is 0 Å². The Bertz CT molecular complexity index is 739. The molecule has 4 heteroatoms. The van der Waals surface area contributed by atoms with Gasteiger partial charge in [0.15, 0.2) is 11.5 Å². The molecule has 0 atom stereocenters. The summed E-state index contributed by atoms with van der Waals surface area (Å²) in [5.74, 6) is 1.57. The van der Waals surface area contributed by atoms with E-state index in [1.165, 1.54) is 0 Å². The van der Waals surface area contributed by atoms with Gasteiger partial charge in [0.25, 0.3) is 5.91 Å². The molecule has 0 N–H and O–H groups in total. The lowest BCUT2D eigenvalue weighted by molar-refractivity contribution is 0.0751. The van der Waals surface area contributed by atoms with Crippen LogP contribution in [-0.4, -0.2) is 24.1 Å². The number of benzene rings is 2. The summed E-state index contributed by atoms with van der Waals surface area (Å²) in [6, 6.07) is 11.7. The van der Waals surface area contributed by atoms with E-state index in [-0.39, 0.29) is 12.7 Å². The fourth-order valence-corrected chi connectivity index (χ4v) is 2.74. The molecule has 0 unspecified atom stereocenters. The number of fused-ring (bicyclic) bond motifs is 1. The summed E-state index contributed by atoms with van der Waals surface area (Å²) in [6.07, 6.45) is 0. The van der Waals surface area contributed by atoms with Crippen molar-refractivity contribution < 1.29 is 14.3 Å². The van der Waals surface area contributed by atoms with Crippen LogP contribution in [0.15, 0.2) is 36.4 Å². The van der Waals surface area contributed by atoms with Crippen molar-refractivity contribution in [3.8, 4) is 11.5 Å². The molecular formula is C19H21NO3. The van der Waals surface area contributed by atoms with E-state index >= 15 is 0 Å². The Balaban J connectivity index is 1.82. The minimum atomic E-state index is 0.0615. The van der Waals surface area contributed by atoms with Crippen LogP contribution in [0, 0.1) is 13.8 Å². The first kappa shape index (κ1) is 15.4. The Morgan fingerprint density at radius 2 is 1.91 bits per heavy atom. The van der Waals surface area contributed by atoms with E-state index in [1.54, 1.807) is 0 Å². The van der Waals surface area contributed by atoms with Gasteiger partial charge in [0.05, 0.1) is 0 Å². The summed E-state index contributed by atoms with van der Waals surface area (Å²) in [7, 11) is 0. The average molecular weight is 311 g/mol. The van der Waals surface area contributed by atoms with E-state index in [0.717, 1.165) is 33.8 Å². The SMILES string of the molecule is CCN(Cc1ccc2c(c1)OCO2)C(=O)c1cccc(C)c1C. The number of carbonyl (C=O) groups excluding carboxylic acids is 1. The van der Waals surface area contributed by atoms with Crippen molar-refractivity contribution in [2.75, 3.05) is 13.3 Å². The zero-order valence-electron chi connectivity index (χ0n) is 13.8. The topological polar surface area (TPSA) is 38.8 Å². The summed E-state index contributed by atoms with van der Waals surface area (Å²) in [5, 5.41) is 0. The molecule has 0 spiro atoms. The van der Waals surface area contributed by atoms with Crippen LogP contribution >= 0.6 is 0 Å². The molecule has 0 saturated heterocycles. The molecule has 1 aliphatic heterocycles. The van der Waals surface area contributed by atoms with Gasteiger partial charge in [-0.25, -0.2) is 0 Å². The number of amides is 1. The standard InChI is InChI=1S/C19H21NO3/c1-4-20(19(21)16-7-5-6-13(2)14(16)3)11-15-8-9-17-18(10-15)23-12-22-17/h5-10H,4,11-12H2,1-3H3. The van der Waals surface area contributed by atoms with Crippen molar-refractivity contribution in [3.05, 3.63) is 58.7 Å². The van der Waals surface area contributed by atoms with Gasteiger partial charge in [-0.2, -0.15) is 0 Å². The maximum Gasteiger partial charge on any atom is 0.254 e. The summed E-state index contributed by atoms with van der Waals surface area (Å²) in [4.78, 5) is 14.7. The number of hydrogen-bond acceptors (Lipinski definition) is 3.